The summed E-state index contributed by atoms with van der Waals surface area (Å²) in [7, 11) is 0. The Bertz CT molecular complexity index is 84.7. The van der Waals surface area contributed by atoms with Crippen LogP contribution in [0.2, 0.25) is 0 Å². The number of hydrogen-bond acceptors (Lipinski definition) is 1. The highest BCUT2D eigenvalue weighted by Gasteiger charge is 2.26. The van der Waals surface area contributed by atoms with Gasteiger partial charge in [-0.15, -0.1) is 0 Å². The van der Waals surface area contributed by atoms with Crippen molar-refractivity contribution in [2.24, 2.45) is 5.92 Å². The second-order valence-corrected chi connectivity index (χ2v) is 4.52. The maximum atomic E-state index is 2.37. The third kappa shape index (κ3) is 2.19. The van der Waals surface area contributed by atoms with Crippen LogP contribution in [-0.2, 0) is 0 Å². The van der Waals surface area contributed by atoms with E-state index in [0.29, 0.717) is 4.75 Å². The Morgan fingerprint density at radius 1 is 1.40 bits per heavy atom. The summed E-state index contributed by atoms with van der Waals surface area (Å²) in [6, 6.07) is 0. The van der Waals surface area contributed by atoms with E-state index in [9.17, 15) is 0 Å². The lowest BCUT2D eigenvalue weighted by atomic mass is 9.90. The van der Waals surface area contributed by atoms with Crippen LogP contribution in [0.15, 0.2) is 0 Å². The van der Waals surface area contributed by atoms with E-state index >= 15 is 0 Å². The first kappa shape index (κ1) is 10.3. The van der Waals surface area contributed by atoms with Crippen LogP contribution < -0.4 is 0 Å². The predicted octanol–water partition coefficient (Wildman–Crippen LogP) is 3.56. The van der Waals surface area contributed by atoms with Crippen molar-refractivity contribution < 1.29 is 0 Å². The normalized spacial score (nSPS) is 20.1. The first-order chi connectivity index (χ1) is 4.60. The third-order valence-corrected chi connectivity index (χ3v) is 4.45. The van der Waals surface area contributed by atoms with Gasteiger partial charge in [0.25, 0.3) is 0 Å². The minimum atomic E-state index is 0.509. The summed E-state index contributed by atoms with van der Waals surface area (Å²) in [6.07, 6.45) is 4.80. The van der Waals surface area contributed by atoms with Crippen molar-refractivity contribution in [3.05, 3.63) is 0 Å². The molecular formula is C9H20S. The molecule has 2 atom stereocenters. The molecule has 0 heterocycles. The molecule has 10 heavy (non-hydrogen) atoms. The molecule has 0 aromatic rings. The van der Waals surface area contributed by atoms with Crippen LogP contribution in [0.5, 0.6) is 0 Å². The highest BCUT2D eigenvalue weighted by Crippen LogP contribution is 2.35. The summed E-state index contributed by atoms with van der Waals surface area (Å²) in [5.74, 6) is 0.840. The number of hydrogen-bond donors (Lipinski definition) is 0. The van der Waals surface area contributed by atoms with Gasteiger partial charge in [-0.2, -0.15) is 11.8 Å². The molecule has 2 unspecified atom stereocenters. The zero-order valence-electron chi connectivity index (χ0n) is 7.90. The molecule has 0 fully saturated rings. The fourth-order valence-electron chi connectivity index (χ4n) is 1.13. The van der Waals surface area contributed by atoms with E-state index in [2.05, 4.69) is 34.0 Å². The Morgan fingerprint density at radius 2 is 1.90 bits per heavy atom. The van der Waals surface area contributed by atoms with Crippen molar-refractivity contribution in [1.29, 1.82) is 0 Å². The van der Waals surface area contributed by atoms with Gasteiger partial charge in [0.15, 0.2) is 0 Å². The van der Waals surface area contributed by atoms with Gasteiger partial charge in [0.2, 0.25) is 0 Å². The molecule has 0 saturated carbocycles. The first-order valence-electron chi connectivity index (χ1n) is 4.15. The Kier molecular flexibility index (Phi) is 4.42. The average Bonchev–Trinajstić information content (AvgIpc) is 2.01. The molecule has 0 bridgehead atoms. The smallest absolute Gasteiger partial charge is 0.0151 e. The Labute approximate surface area is 69.8 Å². The van der Waals surface area contributed by atoms with Crippen molar-refractivity contribution in [1.82, 2.24) is 0 Å². The molecule has 0 rings (SSSR count). The van der Waals surface area contributed by atoms with Gasteiger partial charge in [0.05, 0.1) is 0 Å². The van der Waals surface area contributed by atoms with E-state index < -0.39 is 0 Å². The first-order valence-corrected chi connectivity index (χ1v) is 5.38. The predicted molar refractivity (Wildman–Crippen MR) is 51.7 cm³/mol. The fourth-order valence-corrected chi connectivity index (χ4v) is 1.98. The molecule has 1 heteroatoms. The van der Waals surface area contributed by atoms with E-state index in [1.54, 1.807) is 0 Å². The van der Waals surface area contributed by atoms with E-state index in [0.717, 1.165) is 5.92 Å². The van der Waals surface area contributed by atoms with Gasteiger partial charge in [-0.25, -0.2) is 0 Å². The molecule has 0 aliphatic rings. The minimum Gasteiger partial charge on any atom is -0.159 e. The van der Waals surface area contributed by atoms with E-state index in [1.165, 1.54) is 12.8 Å². The molecule has 0 spiro atoms. The quantitative estimate of drug-likeness (QED) is 0.606. The topological polar surface area (TPSA) is 0 Å². The van der Waals surface area contributed by atoms with Gasteiger partial charge in [0, 0.05) is 4.75 Å². The Hall–Kier alpha value is 0.350. The van der Waals surface area contributed by atoms with Crippen molar-refractivity contribution in [2.75, 3.05) is 6.26 Å². The Morgan fingerprint density at radius 3 is 2.00 bits per heavy atom. The molecule has 0 aliphatic heterocycles. The standard InChI is InChI=1S/C9H20S/c1-6-8(3)9(4,7-2)10-5/h8H,6-7H2,1-5H3. The lowest BCUT2D eigenvalue weighted by Gasteiger charge is -2.32. The molecule has 0 amide bonds. The SMILES string of the molecule is CCC(C)C(C)(CC)SC. The lowest BCUT2D eigenvalue weighted by molar-refractivity contribution is 0.410. The van der Waals surface area contributed by atoms with Gasteiger partial charge in [0.1, 0.15) is 0 Å². The summed E-state index contributed by atoms with van der Waals surface area (Å²) >= 11 is 2.00. The van der Waals surface area contributed by atoms with Crippen LogP contribution in [0.1, 0.15) is 40.5 Å². The van der Waals surface area contributed by atoms with Gasteiger partial charge < -0.3 is 0 Å². The molecule has 0 aliphatic carbocycles. The highest BCUT2D eigenvalue weighted by molar-refractivity contribution is 7.99. The zero-order valence-corrected chi connectivity index (χ0v) is 8.72. The lowest BCUT2D eigenvalue weighted by Crippen LogP contribution is -2.27. The number of thioether (sulfide) groups is 1. The second-order valence-electron chi connectivity index (χ2n) is 3.18. The van der Waals surface area contributed by atoms with Gasteiger partial charge in [-0.3, -0.25) is 0 Å². The summed E-state index contributed by atoms with van der Waals surface area (Å²) in [6.45, 7) is 9.27. The van der Waals surface area contributed by atoms with Crippen molar-refractivity contribution in [3.63, 3.8) is 0 Å². The molecule has 0 radical (unpaired) electrons. The van der Waals surface area contributed by atoms with Crippen molar-refractivity contribution >= 4 is 11.8 Å². The van der Waals surface area contributed by atoms with Crippen LogP contribution in [0.3, 0.4) is 0 Å². The summed E-state index contributed by atoms with van der Waals surface area (Å²) in [5.41, 5.74) is 0. The molecule has 62 valence electrons. The van der Waals surface area contributed by atoms with Crippen molar-refractivity contribution in [2.45, 2.75) is 45.3 Å². The molecule has 0 N–H and O–H groups in total. The molecular weight excluding hydrogens is 140 g/mol. The van der Waals surface area contributed by atoms with Gasteiger partial charge in [-0.05, 0) is 18.6 Å². The van der Waals surface area contributed by atoms with E-state index in [1.807, 2.05) is 11.8 Å². The summed E-state index contributed by atoms with van der Waals surface area (Å²) in [5, 5.41) is 0. The summed E-state index contributed by atoms with van der Waals surface area (Å²) in [4.78, 5) is 0. The maximum absolute atomic E-state index is 2.37. The van der Waals surface area contributed by atoms with Gasteiger partial charge >= 0.3 is 0 Å². The second kappa shape index (κ2) is 4.27. The number of rotatable bonds is 4. The van der Waals surface area contributed by atoms with E-state index in [-0.39, 0.29) is 0 Å². The van der Waals surface area contributed by atoms with Crippen LogP contribution in [0.25, 0.3) is 0 Å². The summed E-state index contributed by atoms with van der Waals surface area (Å²) < 4.78 is 0.509. The third-order valence-electron chi connectivity index (χ3n) is 2.82. The van der Waals surface area contributed by atoms with Crippen molar-refractivity contribution in [3.8, 4) is 0 Å². The highest BCUT2D eigenvalue weighted by atomic mass is 32.2. The van der Waals surface area contributed by atoms with Crippen LogP contribution in [0.4, 0.5) is 0 Å². The monoisotopic (exact) mass is 160 g/mol. The van der Waals surface area contributed by atoms with Gasteiger partial charge in [-0.1, -0.05) is 34.1 Å². The zero-order chi connectivity index (χ0) is 8.20. The maximum Gasteiger partial charge on any atom is 0.0151 e. The van der Waals surface area contributed by atoms with E-state index in [4.69, 9.17) is 0 Å². The molecule has 0 nitrogen and oxygen atoms in total. The Balaban J connectivity index is 4.02. The fraction of sp³-hybridized carbons (Fsp3) is 1.00. The molecule has 0 aromatic carbocycles. The minimum absolute atomic E-state index is 0.509. The van der Waals surface area contributed by atoms with Crippen LogP contribution >= 0.6 is 11.8 Å². The molecule has 0 saturated heterocycles. The molecule has 0 aromatic heterocycles. The largest absolute Gasteiger partial charge is 0.159 e. The van der Waals surface area contributed by atoms with Crippen LogP contribution in [0, 0.1) is 5.92 Å². The van der Waals surface area contributed by atoms with Crippen LogP contribution in [-0.4, -0.2) is 11.0 Å². The average molecular weight is 160 g/mol.